The van der Waals surface area contributed by atoms with E-state index in [1.165, 1.54) is 9.56 Å². The van der Waals surface area contributed by atoms with E-state index in [9.17, 15) is 9.59 Å². The molecule has 4 aromatic rings. The number of aryl methyl sites for hydroxylation is 2. The molecular formula is C21H21N5O2S. The fraction of sp³-hybridized carbons (Fsp3) is 0.333. The average molecular weight is 407 g/mol. The fourth-order valence-corrected chi connectivity index (χ4v) is 4.78. The van der Waals surface area contributed by atoms with Gasteiger partial charge in [-0.05, 0) is 50.5 Å². The lowest BCUT2D eigenvalue weighted by Gasteiger charge is -2.22. The quantitative estimate of drug-likeness (QED) is 0.510. The lowest BCUT2D eigenvalue weighted by molar-refractivity contribution is -0.133. The van der Waals surface area contributed by atoms with Gasteiger partial charge in [-0.15, -0.1) is 11.3 Å². The molecule has 0 bridgehead atoms. The van der Waals surface area contributed by atoms with Gasteiger partial charge in [-0.2, -0.15) is 5.10 Å². The van der Waals surface area contributed by atoms with Gasteiger partial charge in [0.2, 0.25) is 5.91 Å². The van der Waals surface area contributed by atoms with E-state index in [0.717, 1.165) is 28.6 Å². The summed E-state index contributed by atoms with van der Waals surface area (Å²) >= 11 is 1.66. The Bertz CT molecular complexity index is 1280. The summed E-state index contributed by atoms with van der Waals surface area (Å²) in [4.78, 5) is 33.3. The van der Waals surface area contributed by atoms with Gasteiger partial charge in [-0.3, -0.25) is 19.0 Å². The number of nitrogens with zero attached hydrogens (tertiary/aromatic N) is 5. The molecule has 1 aliphatic rings. The molecule has 29 heavy (non-hydrogen) atoms. The summed E-state index contributed by atoms with van der Waals surface area (Å²) in [7, 11) is 0. The molecule has 5 rings (SSSR count). The van der Waals surface area contributed by atoms with Crippen LogP contribution < -0.4 is 5.56 Å². The molecule has 0 N–H and O–H groups in total. The summed E-state index contributed by atoms with van der Waals surface area (Å²) in [6.45, 7) is 4.38. The van der Waals surface area contributed by atoms with Gasteiger partial charge in [0.25, 0.3) is 5.56 Å². The van der Waals surface area contributed by atoms with Crippen LogP contribution in [0, 0.1) is 13.8 Å². The summed E-state index contributed by atoms with van der Waals surface area (Å²) in [5, 5.41) is 4.45. The SMILES string of the molecule is Cc1cc2c(cc3c(=O)n(CC(=O)N(Cc4cccnc4)C4CC4)nc(C)n32)s1. The highest BCUT2D eigenvalue weighted by molar-refractivity contribution is 7.19. The topological polar surface area (TPSA) is 72.5 Å². The minimum absolute atomic E-state index is 0.0508. The molecule has 148 valence electrons. The van der Waals surface area contributed by atoms with E-state index in [-0.39, 0.29) is 24.1 Å². The van der Waals surface area contributed by atoms with Crippen molar-refractivity contribution in [3.63, 3.8) is 0 Å². The highest BCUT2D eigenvalue weighted by atomic mass is 32.1. The van der Waals surface area contributed by atoms with Crippen LogP contribution in [0.5, 0.6) is 0 Å². The van der Waals surface area contributed by atoms with E-state index < -0.39 is 0 Å². The fourth-order valence-electron chi connectivity index (χ4n) is 3.84. The van der Waals surface area contributed by atoms with Crippen LogP contribution in [0.1, 0.15) is 29.1 Å². The molecule has 0 aliphatic heterocycles. The van der Waals surface area contributed by atoms with Gasteiger partial charge < -0.3 is 4.90 Å². The van der Waals surface area contributed by atoms with Gasteiger partial charge in [0.05, 0.1) is 10.2 Å². The van der Waals surface area contributed by atoms with Crippen LogP contribution in [0.2, 0.25) is 0 Å². The second kappa shape index (κ2) is 6.81. The number of fused-ring (bicyclic) bond motifs is 3. The van der Waals surface area contributed by atoms with Crippen LogP contribution >= 0.6 is 11.3 Å². The number of amides is 1. The number of rotatable bonds is 5. The molecule has 0 radical (unpaired) electrons. The van der Waals surface area contributed by atoms with Crippen LogP contribution in [0.25, 0.3) is 15.7 Å². The number of thiophene rings is 1. The van der Waals surface area contributed by atoms with Gasteiger partial charge in [0, 0.05) is 29.9 Å². The zero-order valence-electron chi connectivity index (χ0n) is 16.3. The van der Waals surface area contributed by atoms with Crippen molar-refractivity contribution in [1.29, 1.82) is 0 Å². The van der Waals surface area contributed by atoms with Gasteiger partial charge in [0.1, 0.15) is 17.9 Å². The van der Waals surface area contributed by atoms with Crippen molar-refractivity contribution >= 4 is 33.0 Å². The lowest BCUT2D eigenvalue weighted by atomic mass is 10.2. The van der Waals surface area contributed by atoms with Crippen molar-refractivity contribution in [3.8, 4) is 0 Å². The first-order valence-electron chi connectivity index (χ1n) is 9.69. The van der Waals surface area contributed by atoms with Crippen molar-refractivity contribution in [2.45, 2.75) is 45.8 Å². The molecule has 0 atom stereocenters. The summed E-state index contributed by atoms with van der Waals surface area (Å²) in [5.74, 6) is 0.615. The van der Waals surface area contributed by atoms with E-state index in [2.05, 4.69) is 23.1 Å². The Labute approximate surface area is 171 Å². The van der Waals surface area contributed by atoms with Gasteiger partial charge in [-0.1, -0.05) is 6.07 Å². The first-order chi connectivity index (χ1) is 14.0. The summed E-state index contributed by atoms with van der Waals surface area (Å²) in [6.07, 6.45) is 5.50. The predicted octanol–water partition coefficient (Wildman–Crippen LogP) is 2.91. The standard InChI is InChI=1S/C21H21N5O2S/c1-13-8-17-19(29-13)9-18-21(28)25(23-14(2)26(17)18)12-20(27)24(16-5-6-16)11-15-4-3-7-22-10-15/h3-4,7-10,16H,5-6,11-12H2,1-2H3. The summed E-state index contributed by atoms with van der Waals surface area (Å²) < 4.78 is 4.25. The summed E-state index contributed by atoms with van der Waals surface area (Å²) in [6, 6.07) is 8.04. The van der Waals surface area contributed by atoms with E-state index in [1.54, 1.807) is 23.7 Å². The first kappa shape index (κ1) is 18.1. The van der Waals surface area contributed by atoms with Crippen molar-refractivity contribution in [2.75, 3.05) is 0 Å². The van der Waals surface area contributed by atoms with Gasteiger partial charge in [-0.25, -0.2) is 4.68 Å². The zero-order valence-corrected chi connectivity index (χ0v) is 17.1. The van der Waals surface area contributed by atoms with E-state index in [0.29, 0.717) is 17.9 Å². The van der Waals surface area contributed by atoms with Gasteiger partial charge in [0.15, 0.2) is 0 Å². The zero-order chi connectivity index (χ0) is 20.1. The number of hydrogen-bond donors (Lipinski definition) is 0. The maximum absolute atomic E-state index is 13.1. The maximum Gasteiger partial charge on any atom is 0.291 e. The number of aromatic nitrogens is 4. The molecule has 4 aromatic heterocycles. The number of hydrogen-bond acceptors (Lipinski definition) is 5. The molecule has 0 saturated heterocycles. The molecular weight excluding hydrogens is 386 g/mol. The molecule has 4 heterocycles. The molecule has 1 amide bonds. The molecule has 1 saturated carbocycles. The number of carbonyl (C=O) groups excluding carboxylic acids is 1. The number of carbonyl (C=O) groups is 1. The highest BCUT2D eigenvalue weighted by Gasteiger charge is 2.33. The lowest BCUT2D eigenvalue weighted by Crippen LogP contribution is -2.39. The van der Waals surface area contributed by atoms with Crippen LogP contribution in [0.4, 0.5) is 0 Å². The average Bonchev–Trinajstić information content (AvgIpc) is 3.38. The second-order valence-electron chi connectivity index (χ2n) is 7.60. The Morgan fingerprint density at radius 3 is 2.83 bits per heavy atom. The molecule has 0 spiro atoms. The Morgan fingerprint density at radius 1 is 1.28 bits per heavy atom. The van der Waals surface area contributed by atoms with Crippen molar-refractivity contribution in [2.24, 2.45) is 0 Å². The smallest absolute Gasteiger partial charge is 0.291 e. The molecule has 7 nitrogen and oxygen atoms in total. The van der Waals surface area contributed by atoms with E-state index in [1.807, 2.05) is 34.4 Å². The van der Waals surface area contributed by atoms with E-state index >= 15 is 0 Å². The molecule has 0 unspecified atom stereocenters. The minimum atomic E-state index is -0.234. The van der Waals surface area contributed by atoms with Crippen molar-refractivity contribution < 1.29 is 4.79 Å². The molecule has 1 fully saturated rings. The third kappa shape index (κ3) is 3.23. The summed E-state index contributed by atoms with van der Waals surface area (Å²) in [5.41, 5.74) is 2.32. The Balaban J connectivity index is 1.48. The molecule has 8 heteroatoms. The Hall–Kier alpha value is -3.00. The molecule has 1 aliphatic carbocycles. The first-order valence-corrected chi connectivity index (χ1v) is 10.5. The second-order valence-corrected chi connectivity index (χ2v) is 8.88. The molecule has 0 aromatic carbocycles. The van der Waals surface area contributed by atoms with Crippen LogP contribution in [-0.4, -0.2) is 36.0 Å². The van der Waals surface area contributed by atoms with Crippen LogP contribution in [0.3, 0.4) is 0 Å². The maximum atomic E-state index is 13.1. The van der Waals surface area contributed by atoms with E-state index in [4.69, 9.17) is 0 Å². The van der Waals surface area contributed by atoms with Crippen molar-refractivity contribution in [3.05, 3.63) is 63.3 Å². The minimum Gasteiger partial charge on any atom is -0.334 e. The Morgan fingerprint density at radius 2 is 2.10 bits per heavy atom. The van der Waals surface area contributed by atoms with Gasteiger partial charge >= 0.3 is 0 Å². The highest BCUT2D eigenvalue weighted by Crippen LogP contribution is 2.29. The Kier molecular flexibility index (Phi) is 4.24. The predicted molar refractivity (Wildman–Crippen MR) is 112 cm³/mol. The van der Waals surface area contributed by atoms with Crippen LogP contribution in [-0.2, 0) is 17.9 Å². The third-order valence-corrected chi connectivity index (χ3v) is 6.31. The normalized spacial score (nSPS) is 14.0. The largest absolute Gasteiger partial charge is 0.334 e. The monoisotopic (exact) mass is 407 g/mol. The van der Waals surface area contributed by atoms with Crippen LogP contribution in [0.15, 0.2) is 41.5 Å². The number of pyridine rings is 1. The van der Waals surface area contributed by atoms with Crippen molar-refractivity contribution in [1.82, 2.24) is 24.1 Å². The third-order valence-electron chi connectivity index (χ3n) is 5.32.